The lowest BCUT2D eigenvalue weighted by molar-refractivity contribution is -0.124. The SMILES string of the molecule is CC1(C)CC(=C2CC(=O)NC2=O)CC(C)(C)C1. The summed E-state index contributed by atoms with van der Waals surface area (Å²) in [6.07, 6.45) is 3.31. The molecule has 0 radical (unpaired) electrons. The molecule has 1 saturated heterocycles. The van der Waals surface area contributed by atoms with Gasteiger partial charge in [0.15, 0.2) is 0 Å². The van der Waals surface area contributed by atoms with Crippen LogP contribution in [0.3, 0.4) is 0 Å². The van der Waals surface area contributed by atoms with Gasteiger partial charge in [0.05, 0.1) is 6.42 Å². The van der Waals surface area contributed by atoms with Crippen molar-refractivity contribution in [3.8, 4) is 0 Å². The predicted octanol–water partition coefficient (Wildman–Crippen LogP) is 2.57. The summed E-state index contributed by atoms with van der Waals surface area (Å²) in [6.45, 7) is 8.96. The molecule has 2 fully saturated rings. The minimum Gasteiger partial charge on any atom is -0.292 e. The fourth-order valence-electron chi connectivity index (χ4n) is 3.62. The molecule has 1 heterocycles. The molecule has 1 saturated carbocycles. The molecule has 1 aliphatic carbocycles. The highest BCUT2D eigenvalue weighted by Crippen LogP contribution is 2.49. The third-order valence-electron chi connectivity index (χ3n) is 3.63. The minimum absolute atomic E-state index is 0.154. The molecule has 2 amide bonds. The Bertz CT molecular complexity index is 398. The van der Waals surface area contributed by atoms with Crippen molar-refractivity contribution in [2.45, 2.75) is 53.4 Å². The van der Waals surface area contributed by atoms with Crippen LogP contribution in [0.25, 0.3) is 0 Å². The number of rotatable bonds is 0. The summed E-state index contributed by atoms with van der Waals surface area (Å²) in [4.78, 5) is 23.0. The quantitative estimate of drug-likeness (QED) is 0.518. The normalized spacial score (nSPS) is 27.3. The van der Waals surface area contributed by atoms with Crippen LogP contribution in [0.5, 0.6) is 0 Å². The van der Waals surface area contributed by atoms with Crippen LogP contribution >= 0.6 is 0 Å². The summed E-state index contributed by atoms with van der Waals surface area (Å²) in [5.41, 5.74) is 2.36. The van der Waals surface area contributed by atoms with Gasteiger partial charge in [-0.2, -0.15) is 0 Å². The number of allylic oxidation sites excluding steroid dienone is 1. The van der Waals surface area contributed by atoms with Crippen molar-refractivity contribution in [2.24, 2.45) is 10.8 Å². The van der Waals surface area contributed by atoms with Crippen molar-refractivity contribution < 1.29 is 9.59 Å². The van der Waals surface area contributed by atoms with E-state index >= 15 is 0 Å². The van der Waals surface area contributed by atoms with Crippen LogP contribution in [0.1, 0.15) is 53.4 Å². The maximum absolute atomic E-state index is 11.7. The number of nitrogens with one attached hydrogen (secondary N) is 1. The Morgan fingerprint density at radius 2 is 1.53 bits per heavy atom. The second kappa shape index (κ2) is 3.69. The van der Waals surface area contributed by atoms with Gasteiger partial charge in [-0.15, -0.1) is 0 Å². The summed E-state index contributed by atoms with van der Waals surface area (Å²) in [5.74, 6) is -0.322. The molecule has 0 atom stereocenters. The highest BCUT2D eigenvalue weighted by Gasteiger charge is 2.39. The van der Waals surface area contributed by atoms with E-state index in [1.54, 1.807) is 0 Å². The van der Waals surface area contributed by atoms with E-state index in [1.165, 1.54) is 5.57 Å². The Hall–Kier alpha value is -1.12. The average Bonchev–Trinajstić information content (AvgIpc) is 2.39. The van der Waals surface area contributed by atoms with Gasteiger partial charge in [0.25, 0.3) is 5.91 Å². The third-order valence-corrected chi connectivity index (χ3v) is 3.63. The van der Waals surface area contributed by atoms with E-state index in [9.17, 15) is 9.59 Å². The van der Waals surface area contributed by atoms with Crippen LogP contribution in [0.2, 0.25) is 0 Å². The van der Waals surface area contributed by atoms with Gasteiger partial charge in [-0.25, -0.2) is 0 Å². The highest BCUT2D eigenvalue weighted by molar-refractivity contribution is 6.13. The molecule has 0 aromatic carbocycles. The molecular weight excluding hydrogens is 214 g/mol. The molecule has 1 N–H and O–H groups in total. The summed E-state index contributed by atoms with van der Waals surface area (Å²) in [7, 11) is 0. The van der Waals surface area contributed by atoms with E-state index in [-0.39, 0.29) is 29.1 Å². The van der Waals surface area contributed by atoms with Crippen LogP contribution in [0, 0.1) is 10.8 Å². The molecular formula is C14H21NO2. The van der Waals surface area contributed by atoms with Crippen LogP contribution in [0.15, 0.2) is 11.1 Å². The summed E-state index contributed by atoms with van der Waals surface area (Å²) < 4.78 is 0. The molecule has 0 aromatic rings. The van der Waals surface area contributed by atoms with Crippen molar-refractivity contribution in [3.63, 3.8) is 0 Å². The number of carbonyl (C=O) groups is 2. The van der Waals surface area contributed by atoms with Crippen molar-refractivity contribution in [2.75, 3.05) is 0 Å². The van der Waals surface area contributed by atoms with Crippen LogP contribution in [-0.4, -0.2) is 11.8 Å². The first-order valence-corrected chi connectivity index (χ1v) is 6.24. The lowest BCUT2D eigenvalue weighted by Crippen LogP contribution is -2.31. The van der Waals surface area contributed by atoms with Crippen LogP contribution < -0.4 is 5.32 Å². The number of imide groups is 1. The smallest absolute Gasteiger partial charge is 0.254 e. The van der Waals surface area contributed by atoms with E-state index in [0.29, 0.717) is 0 Å². The van der Waals surface area contributed by atoms with E-state index < -0.39 is 0 Å². The Morgan fingerprint density at radius 1 is 1.00 bits per heavy atom. The molecule has 2 rings (SSSR count). The Kier molecular flexibility index (Phi) is 2.68. The van der Waals surface area contributed by atoms with Crippen molar-refractivity contribution in [1.29, 1.82) is 0 Å². The highest BCUT2D eigenvalue weighted by atomic mass is 16.2. The molecule has 3 heteroatoms. The van der Waals surface area contributed by atoms with Gasteiger partial charge in [0.1, 0.15) is 0 Å². The van der Waals surface area contributed by atoms with Gasteiger partial charge >= 0.3 is 0 Å². The molecule has 94 valence electrons. The summed E-state index contributed by atoms with van der Waals surface area (Å²) in [6, 6.07) is 0. The van der Waals surface area contributed by atoms with Gasteiger partial charge in [-0.1, -0.05) is 33.3 Å². The largest absolute Gasteiger partial charge is 0.292 e. The number of amides is 2. The molecule has 0 bridgehead atoms. The predicted molar refractivity (Wildman–Crippen MR) is 66.2 cm³/mol. The molecule has 0 unspecified atom stereocenters. The van der Waals surface area contributed by atoms with E-state index in [0.717, 1.165) is 24.8 Å². The molecule has 0 spiro atoms. The topological polar surface area (TPSA) is 46.2 Å². The zero-order chi connectivity index (χ0) is 12.8. The Morgan fingerprint density at radius 3 is 1.94 bits per heavy atom. The fraction of sp³-hybridized carbons (Fsp3) is 0.714. The van der Waals surface area contributed by atoms with Gasteiger partial charge in [0, 0.05) is 5.57 Å². The fourth-order valence-corrected chi connectivity index (χ4v) is 3.62. The minimum atomic E-state index is -0.168. The first-order chi connectivity index (χ1) is 7.69. The Labute approximate surface area is 103 Å². The van der Waals surface area contributed by atoms with Crippen molar-refractivity contribution in [1.82, 2.24) is 5.32 Å². The van der Waals surface area contributed by atoms with E-state index in [1.807, 2.05) is 0 Å². The molecule has 17 heavy (non-hydrogen) atoms. The van der Waals surface area contributed by atoms with Gasteiger partial charge < -0.3 is 0 Å². The maximum atomic E-state index is 11.7. The average molecular weight is 235 g/mol. The lowest BCUT2D eigenvalue weighted by atomic mass is 9.63. The standard InChI is InChI=1S/C14H21NO2/c1-13(2)6-9(7-14(3,4)8-13)10-5-11(16)15-12(10)17/h5-8H2,1-4H3,(H,15,16,17). The van der Waals surface area contributed by atoms with Crippen molar-refractivity contribution >= 4 is 11.8 Å². The second-order valence-electron chi connectivity index (χ2n) is 6.99. The second-order valence-corrected chi connectivity index (χ2v) is 6.99. The van der Waals surface area contributed by atoms with Gasteiger partial charge in [-0.3, -0.25) is 14.9 Å². The van der Waals surface area contributed by atoms with E-state index in [4.69, 9.17) is 0 Å². The summed E-state index contributed by atoms with van der Waals surface area (Å²) >= 11 is 0. The number of hydrogen-bond acceptors (Lipinski definition) is 2. The van der Waals surface area contributed by atoms with Crippen LogP contribution in [0.4, 0.5) is 0 Å². The maximum Gasteiger partial charge on any atom is 0.254 e. The van der Waals surface area contributed by atoms with Crippen LogP contribution in [-0.2, 0) is 9.59 Å². The Balaban J connectivity index is 2.35. The third kappa shape index (κ3) is 2.59. The zero-order valence-corrected chi connectivity index (χ0v) is 11.1. The molecule has 3 nitrogen and oxygen atoms in total. The lowest BCUT2D eigenvalue weighted by Gasteiger charge is -2.42. The summed E-state index contributed by atoms with van der Waals surface area (Å²) in [5, 5.41) is 2.38. The molecule has 1 aliphatic heterocycles. The molecule has 0 aromatic heterocycles. The number of hydrogen-bond donors (Lipinski definition) is 1. The zero-order valence-electron chi connectivity index (χ0n) is 11.1. The van der Waals surface area contributed by atoms with Crippen molar-refractivity contribution in [3.05, 3.63) is 11.1 Å². The first kappa shape index (κ1) is 12.3. The first-order valence-electron chi connectivity index (χ1n) is 6.24. The van der Waals surface area contributed by atoms with Gasteiger partial charge in [0.2, 0.25) is 5.91 Å². The van der Waals surface area contributed by atoms with Gasteiger partial charge in [-0.05, 0) is 30.1 Å². The number of carbonyl (C=O) groups excluding carboxylic acids is 2. The van der Waals surface area contributed by atoms with E-state index in [2.05, 4.69) is 33.0 Å². The monoisotopic (exact) mass is 235 g/mol. The molecule has 2 aliphatic rings.